The third-order valence-electron chi connectivity index (χ3n) is 1.60. The average molecular weight is 158 g/mol. The Kier molecular flexibility index (Phi) is 2.01. The summed E-state index contributed by atoms with van der Waals surface area (Å²) in [5, 5.41) is 0.475. The predicted octanol–water partition coefficient (Wildman–Crippen LogP) is 0.967. The Morgan fingerprint density at radius 3 is 3.00 bits per heavy atom. The summed E-state index contributed by atoms with van der Waals surface area (Å²) in [6.45, 7) is 0. The molecule has 1 saturated heterocycles. The van der Waals surface area contributed by atoms with Gasteiger partial charge < -0.3 is 11.1 Å². The average Bonchev–Trinajstić information content (AvgIpc) is 1.86. The third kappa shape index (κ3) is 0.932. The van der Waals surface area contributed by atoms with Crippen LogP contribution < -0.4 is 6.15 Å². The number of carbonyl (C=O) groups is 1. The zero-order chi connectivity index (χ0) is 6.27. The van der Waals surface area contributed by atoms with Crippen LogP contribution in [0.15, 0.2) is 12.3 Å². The molecule has 4 heteroatoms. The summed E-state index contributed by atoms with van der Waals surface area (Å²) in [6.07, 6.45) is 4.67. The van der Waals surface area contributed by atoms with E-state index in [9.17, 15) is 4.79 Å². The molecule has 2 aliphatic heterocycles. The molecule has 2 aliphatic rings. The van der Waals surface area contributed by atoms with Crippen molar-refractivity contribution < 1.29 is 4.79 Å². The molecule has 0 bridgehead atoms. The van der Waals surface area contributed by atoms with Crippen molar-refractivity contribution in [1.82, 2.24) is 11.1 Å². The molecule has 56 valence electrons. The molecule has 3 nitrogen and oxygen atoms in total. The molecule has 0 aliphatic carbocycles. The summed E-state index contributed by atoms with van der Waals surface area (Å²) in [5.74, 6) is 1.33. The first-order chi connectivity index (χ1) is 4.38. The lowest BCUT2D eigenvalue weighted by atomic mass is 10.2. The molecule has 1 fully saturated rings. The second kappa shape index (κ2) is 2.64. The molecule has 0 unspecified atom stereocenters. The summed E-state index contributed by atoms with van der Waals surface area (Å²) in [4.78, 5) is 12.5. The molecule has 0 saturated carbocycles. The number of thioether (sulfide) groups is 1. The van der Waals surface area contributed by atoms with Crippen LogP contribution in [-0.2, 0) is 4.79 Å². The largest absolute Gasteiger partial charge is 0.344 e. The summed E-state index contributed by atoms with van der Waals surface area (Å²) in [5.41, 5.74) is 0. The van der Waals surface area contributed by atoms with E-state index in [0.717, 1.165) is 12.2 Å². The van der Waals surface area contributed by atoms with Gasteiger partial charge in [-0.2, -0.15) is 0 Å². The van der Waals surface area contributed by atoms with Gasteiger partial charge in [0.25, 0.3) is 0 Å². The highest BCUT2D eigenvalue weighted by molar-refractivity contribution is 8.00. The highest BCUT2D eigenvalue weighted by atomic mass is 32.2. The fourth-order valence-electron chi connectivity index (χ4n) is 1.04. The van der Waals surface area contributed by atoms with E-state index < -0.39 is 0 Å². The normalized spacial score (nSPS) is 28.6. The van der Waals surface area contributed by atoms with Gasteiger partial charge in [0, 0.05) is 12.0 Å². The minimum Gasteiger partial charge on any atom is -0.344 e. The van der Waals surface area contributed by atoms with Crippen LogP contribution in [0.5, 0.6) is 0 Å². The van der Waals surface area contributed by atoms with Crippen LogP contribution in [0.4, 0.5) is 0 Å². The lowest BCUT2D eigenvalue weighted by molar-refractivity contribution is -0.137. The number of hydrogen-bond acceptors (Lipinski definition) is 3. The number of carbonyl (C=O) groups excluding carboxylic acids is 1. The molecule has 2 heterocycles. The minimum atomic E-state index is 0. The summed E-state index contributed by atoms with van der Waals surface area (Å²) >= 11 is 1.84. The Hall–Kier alpha value is -0.480. The van der Waals surface area contributed by atoms with Gasteiger partial charge in [0.1, 0.15) is 0 Å². The van der Waals surface area contributed by atoms with E-state index in [1.807, 2.05) is 24.0 Å². The van der Waals surface area contributed by atoms with Gasteiger partial charge in [-0.05, 0) is 0 Å². The monoisotopic (exact) mass is 158 g/mol. The number of fused-ring (bicyclic) bond motifs is 1. The van der Waals surface area contributed by atoms with Gasteiger partial charge in [-0.1, -0.05) is 6.08 Å². The molecule has 0 aromatic heterocycles. The number of nitrogens with zero attached hydrogens (tertiary/aromatic N) is 1. The van der Waals surface area contributed by atoms with Gasteiger partial charge in [0.05, 0.1) is 11.8 Å². The number of hydrogen-bond donors (Lipinski definition) is 1. The fraction of sp³-hybridized carbons (Fsp3) is 0.500. The zero-order valence-electron chi connectivity index (χ0n) is 5.62. The van der Waals surface area contributed by atoms with Gasteiger partial charge in [-0.15, -0.1) is 11.8 Å². The Morgan fingerprint density at radius 1 is 1.70 bits per heavy atom. The third-order valence-corrected chi connectivity index (χ3v) is 2.76. The van der Waals surface area contributed by atoms with Gasteiger partial charge in [0.15, 0.2) is 0 Å². The quantitative estimate of drug-likeness (QED) is 0.534. The van der Waals surface area contributed by atoms with Crippen LogP contribution in [0, 0.1) is 0 Å². The van der Waals surface area contributed by atoms with Crippen molar-refractivity contribution in [3.05, 3.63) is 12.3 Å². The number of amides is 1. The molecule has 0 spiro atoms. The van der Waals surface area contributed by atoms with Gasteiger partial charge in [-0.3, -0.25) is 4.79 Å². The highest BCUT2D eigenvalue weighted by Gasteiger charge is 2.35. The van der Waals surface area contributed by atoms with Crippen molar-refractivity contribution in [3.63, 3.8) is 0 Å². The van der Waals surface area contributed by atoms with Gasteiger partial charge >= 0.3 is 0 Å². The molecule has 10 heavy (non-hydrogen) atoms. The van der Waals surface area contributed by atoms with Crippen LogP contribution in [0.25, 0.3) is 0 Å². The topological polar surface area (TPSA) is 55.3 Å². The van der Waals surface area contributed by atoms with Crippen LogP contribution in [-0.4, -0.2) is 21.9 Å². The van der Waals surface area contributed by atoms with E-state index in [2.05, 4.69) is 0 Å². The van der Waals surface area contributed by atoms with E-state index in [4.69, 9.17) is 0 Å². The van der Waals surface area contributed by atoms with E-state index in [1.54, 1.807) is 4.90 Å². The van der Waals surface area contributed by atoms with Crippen molar-refractivity contribution in [1.29, 1.82) is 0 Å². The summed E-state index contributed by atoms with van der Waals surface area (Å²) < 4.78 is 0. The van der Waals surface area contributed by atoms with Crippen molar-refractivity contribution in [2.24, 2.45) is 0 Å². The van der Waals surface area contributed by atoms with Gasteiger partial charge in [0.2, 0.25) is 5.91 Å². The minimum absolute atomic E-state index is 0. The van der Waals surface area contributed by atoms with Crippen LogP contribution >= 0.6 is 11.8 Å². The Morgan fingerprint density at radius 2 is 2.50 bits per heavy atom. The van der Waals surface area contributed by atoms with Gasteiger partial charge in [-0.25, -0.2) is 0 Å². The zero-order valence-corrected chi connectivity index (χ0v) is 6.43. The molecule has 0 aromatic rings. The second-order valence-electron chi connectivity index (χ2n) is 2.18. The fourth-order valence-corrected chi connectivity index (χ4v) is 2.07. The lowest BCUT2D eigenvalue weighted by Gasteiger charge is -2.39. The molecule has 0 aromatic carbocycles. The molecule has 0 radical (unpaired) electrons. The second-order valence-corrected chi connectivity index (χ2v) is 3.39. The van der Waals surface area contributed by atoms with Crippen molar-refractivity contribution >= 4 is 17.7 Å². The SMILES string of the molecule is N.O=C1C[C@@H]2SCC=CN12. The van der Waals surface area contributed by atoms with Crippen molar-refractivity contribution in [2.75, 3.05) is 5.75 Å². The van der Waals surface area contributed by atoms with Crippen molar-refractivity contribution in [3.8, 4) is 0 Å². The summed E-state index contributed by atoms with van der Waals surface area (Å²) in [6, 6.07) is 0. The maximum Gasteiger partial charge on any atom is 0.230 e. The molecule has 2 rings (SSSR count). The van der Waals surface area contributed by atoms with Crippen LogP contribution in [0.2, 0.25) is 0 Å². The molecular formula is C6H10N2OS. The molecular weight excluding hydrogens is 148 g/mol. The summed E-state index contributed by atoms with van der Waals surface area (Å²) in [7, 11) is 0. The maximum atomic E-state index is 10.7. The Bertz CT molecular complexity index is 181. The van der Waals surface area contributed by atoms with Crippen LogP contribution in [0.3, 0.4) is 0 Å². The molecule has 3 N–H and O–H groups in total. The van der Waals surface area contributed by atoms with E-state index in [-0.39, 0.29) is 12.1 Å². The predicted molar refractivity (Wildman–Crippen MR) is 41.9 cm³/mol. The first-order valence-electron chi connectivity index (χ1n) is 2.97. The van der Waals surface area contributed by atoms with E-state index in [1.165, 1.54) is 0 Å². The highest BCUT2D eigenvalue weighted by Crippen LogP contribution is 2.32. The Labute approximate surface area is 64.0 Å². The standard InChI is InChI=1S/C6H7NOS.H3N/c8-5-4-6-7(5)2-1-3-9-6;/h1-2,6H,3-4H2;1H3/t6-;/m0./s1. The number of β-lactam (4-membered cyclic amide) rings is 1. The Balaban J connectivity index is 0.000000500. The van der Waals surface area contributed by atoms with E-state index in [0.29, 0.717) is 5.37 Å². The van der Waals surface area contributed by atoms with E-state index >= 15 is 0 Å². The van der Waals surface area contributed by atoms with Crippen molar-refractivity contribution in [2.45, 2.75) is 11.8 Å². The first kappa shape index (κ1) is 7.63. The smallest absolute Gasteiger partial charge is 0.230 e. The molecule has 1 amide bonds. The maximum absolute atomic E-state index is 10.7. The molecule has 1 atom stereocenters. The first-order valence-corrected chi connectivity index (χ1v) is 4.02. The number of rotatable bonds is 0. The van der Waals surface area contributed by atoms with Crippen LogP contribution in [0.1, 0.15) is 6.42 Å². The lowest BCUT2D eigenvalue weighted by Crippen LogP contribution is -2.48.